The number of piperidine rings is 1. The van der Waals surface area contributed by atoms with Crippen molar-refractivity contribution in [1.29, 1.82) is 0 Å². The lowest BCUT2D eigenvalue weighted by atomic mass is 10.1. The number of nitrogen functional groups attached to an aromatic ring is 1. The Balaban J connectivity index is 1.94. The molecule has 2 atom stereocenters. The summed E-state index contributed by atoms with van der Waals surface area (Å²) in [5, 5.41) is 0. The lowest BCUT2D eigenvalue weighted by molar-refractivity contribution is -0.136. The summed E-state index contributed by atoms with van der Waals surface area (Å²) in [5.74, 6) is 0.655. The molecule has 3 rings (SSSR count). The second-order valence-corrected chi connectivity index (χ2v) is 5.25. The Morgan fingerprint density at radius 2 is 2.00 bits per heavy atom. The van der Waals surface area contributed by atoms with Crippen LogP contribution >= 0.6 is 0 Å². The number of nitrogens with zero attached hydrogens (tertiary/aromatic N) is 1. The van der Waals surface area contributed by atoms with Crippen LogP contribution in [0.2, 0.25) is 0 Å². The van der Waals surface area contributed by atoms with E-state index >= 15 is 0 Å². The summed E-state index contributed by atoms with van der Waals surface area (Å²) in [7, 11) is 0. The number of anilines is 2. The summed E-state index contributed by atoms with van der Waals surface area (Å²) in [6, 6.07) is 4.67. The van der Waals surface area contributed by atoms with Gasteiger partial charge in [-0.2, -0.15) is 13.2 Å². The molecule has 0 unspecified atom stereocenters. The van der Waals surface area contributed by atoms with Crippen LogP contribution in [-0.4, -0.2) is 12.6 Å². The standard InChI is InChI=1S/C13H15F3N2/c14-13(15,16)11-6-10(3-4-12(11)17)18-7-8-1-2-9(18)5-8/h3-4,6,8-9H,1-2,5,7,17H2/t8-,9+/m1/s1. The van der Waals surface area contributed by atoms with Gasteiger partial charge >= 0.3 is 6.18 Å². The van der Waals surface area contributed by atoms with E-state index in [4.69, 9.17) is 5.73 Å². The number of hydrogen-bond donors (Lipinski definition) is 1. The minimum Gasteiger partial charge on any atom is -0.398 e. The van der Waals surface area contributed by atoms with Gasteiger partial charge in [0.25, 0.3) is 0 Å². The van der Waals surface area contributed by atoms with E-state index in [2.05, 4.69) is 4.90 Å². The summed E-state index contributed by atoms with van der Waals surface area (Å²) < 4.78 is 38.4. The van der Waals surface area contributed by atoms with Gasteiger partial charge in [-0.05, 0) is 43.4 Å². The van der Waals surface area contributed by atoms with Gasteiger partial charge in [0.05, 0.1) is 5.56 Å². The normalized spacial score (nSPS) is 26.9. The molecular weight excluding hydrogens is 241 g/mol. The highest BCUT2D eigenvalue weighted by Gasteiger charge is 2.39. The Morgan fingerprint density at radius 1 is 1.22 bits per heavy atom. The molecule has 1 heterocycles. The van der Waals surface area contributed by atoms with Gasteiger partial charge in [0.1, 0.15) is 0 Å². The van der Waals surface area contributed by atoms with Crippen molar-refractivity contribution < 1.29 is 13.2 Å². The van der Waals surface area contributed by atoms with Crippen LogP contribution in [0.1, 0.15) is 24.8 Å². The highest BCUT2D eigenvalue weighted by Crippen LogP contribution is 2.42. The fraction of sp³-hybridized carbons (Fsp3) is 0.538. The molecule has 0 aromatic heterocycles. The number of benzene rings is 1. The van der Waals surface area contributed by atoms with Crippen molar-refractivity contribution in [2.24, 2.45) is 5.92 Å². The zero-order valence-corrected chi connectivity index (χ0v) is 9.87. The first-order valence-corrected chi connectivity index (χ1v) is 6.18. The van der Waals surface area contributed by atoms with Crippen LogP contribution in [0.3, 0.4) is 0 Å². The van der Waals surface area contributed by atoms with Crippen LogP contribution in [-0.2, 0) is 6.18 Å². The maximum atomic E-state index is 12.8. The minimum absolute atomic E-state index is 0.199. The third-order valence-electron chi connectivity index (χ3n) is 4.08. The smallest absolute Gasteiger partial charge is 0.398 e. The fourth-order valence-corrected chi connectivity index (χ4v) is 3.21. The van der Waals surface area contributed by atoms with E-state index in [9.17, 15) is 13.2 Å². The van der Waals surface area contributed by atoms with E-state index in [0.29, 0.717) is 17.6 Å². The van der Waals surface area contributed by atoms with Crippen LogP contribution in [0.15, 0.2) is 18.2 Å². The number of alkyl halides is 3. The van der Waals surface area contributed by atoms with Gasteiger partial charge in [-0.25, -0.2) is 0 Å². The lowest BCUT2D eigenvalue weighted by Gasteiger charge is -2.30. The van der Waals surface area contributed by atoms with Crippen LogP contribution in [0.5, 0.6) is 0 Å². The van der Waals surface area contributed by atoms with Crippen molar-refractivity contribution in [3.05, 3.63) is 23.8 Å². The van der Waals surface area contributed by atoms with Crippen molar-refractivity contribution >= 4 is 11.4 Å². The molecule has 2 nitrogen and oxygen atoms in total. The highest BCUT2D eigenvalue weighted by molar-refractivity contribution is 5.60. The van der Waals surface area contributed by atoms with Crippen molar-refractivity contribution in [3.63, 3.8) is 0 Å². The molecular formula is C13H15F3N2. The SMILES string of the molecule is Nc1ccc(N2C[C@@H]3CC[C@H]2C3)cc1C(F)(F)F. The molecule has 2 bridgehead atoms. The number of halogens is 3. The molecule has 5 heteroatoms. The quantitative estimate of drug-likeness (QED) is 0.781. The first kappa shape index (κ1) is 11.7. The van der Waals surface area contributed by atoms with Gasteiger partial charge in [-0.3, -0.25) is 0 Å². The second-order valence-electron chi connectivity index (χ2n) is 5.25. The van der Waals surface area contributed by atoms with Gasteiger partial charge in [0.2, 0.25) is 0 Å². The maximum Gasteiger partial charge on any atom is 0.418 e. The molecule has 1 aliphatic carbocycles. The van der Waals surface area contributed by atoms with Gasteiger partial charge < -0.3 is 10.6 Å². The topological polar surface area (TPSA) is 29.3 Å². The van der Waals surface area contributed by atoms with Crippen molar-refractivity contribution in [2.45, 2.75) is 31.5 Å². The highest BCUT2D eigenvalue weighted by atomic mass is 19.4. The van der Waals surface area contributed by atoms with E-state index in [1.165, 1.54) is 18.6 Å². The summed E-state index contributed by atoms with van der Waals surface area (Å²) in [4.78, 5) is 2.10. The van der Waals surface area contributed by atoms with E-state index < -0.39 is 11.7 Å². The van der Waals surface area contributed by atoms with Gasteiger partial charge in [0, 0.05) is 24.0 Å². The van der Waals surface area contributed by atoms with Crippen molar-refractivity contribution in [2.75, 3.05) is 17.2 Å². The van der Waals surface area contributed by atoms with E-state index in [-0.39, 0.29) is 5.69 Å². The van der Waals surface area contributed by atoms with Gasteiger partial charge in [0.15, 0.2) is 0 Å². The van der Waals surface area contributed by atoms with Crippen LogP contribution in [0.4, 0.5) is 24.5 Å². The molecule has 0 amide bonds. The molecule has 0 spiro atoms. The molecule has 1 aromatic carbocycles. The average Bonchev–Trinajstić information content (AvgIpc) is 2.89. The molecule has 1 aromatic rings. The van der Waals surface area contributed by atoms with Gasteiger partial charge in [-0.15, -0.1) is 0 Å². The Hall–Kier alpha value is -1.39. The first-order valence-electron chi connectivity index (χ1n) is 6.18. The molecule has 98 valence electrons. The third kappa shape index (κ3) is 1.82. The fourth-order valence-electron chi connectivity index (χ4n) is 3.21. The summed E-state index contributed by atoms with van der Waals surface area (Å²) in [5.41, 5.74) is 5.15. The molecule has 18 heavy (non-hydrogen) atoms. The predicted molar refractivity (Wildman–Crippen MR) is 64.3 cm³/mol. The van der Waals surface area contributed by atoms with Crippen molar-refractivity contribution in [3.8, 4) is 0 Å². The van der Waals surface area contributed by atoms with E-state index in [1.807, 2.05) is 0 Å². The number of hydrogen-bond acceptors (Lipinski definition) is 2. The zero-order chi connectivity index (χ0) is 12.9. The average molecular weight is 256 g/mol. The summed E-state index contributed by atoms with van der Waals surface area (Å²) in [6.07, 6.45) is -0.955. The number of nitrogens with two attached hydrogens (primary N) is 1. The molecule has 2 fully saturated rings. The summed E-state index contributed by atoms with van der Waals surface area (Å²) in [6.45, 7) is 0.881. The molecule has 1 saturated carbocycles. The first-order chi connectivity index (χ1) is 8.45. The molecule has 0 radical (unpaired) electrons. The Bertz CT molecular complexity index is 470. The monoisotopic (exact) mass is 256 g/mol. The summed E-state index contributed by atoms with van der Waals surface area (Å²) >= 11 is 0. The van der Waals surface area contributed by atoms with Crippen LogP contribution in [0.25, 0.3) is 0 Å². The molecule has 2 aliphatic rings. The predicted octanol–water partition coefficient (Wildman–Crippen LogP) is 3.28. The number of rotatable bonds is 1. The third-order valence-corrected chi connectivity index (χ3v) is 4.08. The second kappa shape index (κ2) is 3.80. The Labute approximate surface area is 104 Å². The molecule has 2 N–H and O–H groups in total. The van der Waals surface area contributed by atoms with E-state index in [0.717, 1.165) is 19.4 Å². The van der Waals surface area contributed by atoms with Crippen LogP contribution in [0, 0.1) is 5.92 Å². The lowest BCUT2D eigenvalue weighted by Crippen LogP contribution is -2.32. The van der Waals surface area contributed by atoms with Crippen molar-refractivity contribution in [1.82, 2.24) is 0 Å². The Kier molecular flexibility index (Phi) is 2.47. The van der Waals surface area contributed by atoms with Crippen LogP contribution < -0.4 is 10.6 Å². The minimum atomic E-state index is -4.38. The maximum absolute atomic E-state index is 12.8. The molecule has 1 aliphatic heterocycles. The van der Waals surface area contributed by atoms with Gasteiger partial charge in [-0.1, -0.05) is 0 Å². The molecule has 1 saturated heterocycles. The largest absolute Gasteiger partial charge is 0.418 e. The Morgan fingerprint density at radius 3 is 2.56 bits per heavy atom. The number of fused-ring (bicyclic) bond motifs is 2. The van der Waals surface area contributed by atoms with E-state index in [1.54, 1.807) is 6.07 Å². The zero-order valence-electron chi connectivity index (χ0n) is 9.87.